The first-order valence-corrected chi connectivity index (χ1v) is 12.8. The Labute approximate surface area is 210 Å². The second-order valence-corrected chi connectivity index (χ2v) is 11.0. The molecule has 0 radical (unpaired) electrons. The summed E-state index contributed by atoms with van der Waals surface area (Å²) in [5, 5.41) is 3.19. The van der Waals surface area contributed by atoms with Gasteiger partial charge in [-0.05, 0) is 78.2 Å². The van der Waals surface area contributed by atoms with Crippen LogP contribution in [-0.4, -0.2) is 81.3 Å². The van der Waals surface area contributed by atoms with E-state index in [0.29, 0.717) is 0 Å². The highest BCUT2D eigenvalue weighted by Gasteiger charge is 2.72. The highest BCUT2D eigenvalue weighted by atomic mass is 16.6. The van der Waals surface area contributed by atoms with Crippen LogP contribution in [0, 0.1) is 5.92 Å². The van der Waals surface area contributed by atoms with E-state index in [4.69, 9.17) is 18.9 Å². The van der Waals surface area contributed by atoms with Crippen LogP contribution in [-0.2, 0) is 30.2 Å². The van der Waals surface area contributed by atoms with E-state index < -0.39 is 0 Å². The van der Waals surface area contributed by atoms with E-state index in [2.05, 4.69) is 63.3 Å². The van der Waals surface area contributed by atoms with Gasteiger partial charge in [-0.2, -0.15) is 0 Å². The van der Waals surface area contributed by atoms with Crippen molar-refractivity contribution in [3.8, 4) is 0 Å². The number of likely N-dealkylation sites (N-methyl/N-ethyl adjacent to an activating group) is 1. The molecule has 1 aromatic carbocycles. The minimum absolute atomic E-state index is 0.0322. The maximum absolute atomic E-state index is 12.8. The van der Waals surface area contributed by atoms with Crippen LogP contribution in [0.1, 0.15) is 45.6 Å². The molecule has 3 fully saturated rings. The standard InChI is InChI=1S/C28H42N2O5/c1-19(2)7-12-23-27(3,35-23)26-25(32-6)22(13-15-28(26)18-33-28)34-24(31)17-29-21-10-8-20(9-11-21)14-16-30(4)5/h7-11,22-23,25-26,29H,12-18H2,1-6H3. The van der Waals surface area contributed by atoms with Crippen molar-refractivity contribution in [3.05, 3.63) is 41.5 Å². The Hall–Kier alpha value is -1.93. The molecule has 2 saturated heterocycles. The smallest absolute Gasteiger partial charge is 0.325 e. The second-order valence-electron chi connectivity index (χ2n) is 11.0. The van der Waals surface area contributed by atoms with Crippen LogP contribution in [0.25, 0.3) is 0 Å². The molecule has 0 bridgehead atoms. The van der Waals surface area contributed by atoms with Crippen LogP contribution >= 0.6 is 0 Å². The van der Waals surface area contributed by atoms with Gasteiger partial charge < -0.3 is 29.2 Å². The zero-order valence-corrected chi connectivity index (χ0v) is 22.1. The van der Waals surface area contributed by atoms with Gasteiger partial charge in [-0.1, -0.05) is 23.8 Å². The molecule has 3 aliphatic rings. The second kappa shape index (κ2) is 10.6. The molecule has 2 aliphatic heterocycles. The molecule has 4 rings (SSSR count). The van der Waals surface area contributed by atoms with E-state index in [1.54, 1.807) is 7.11 Å². The molecule has 0 amide bonds. The monoisotopic (exact) mass is 486 g/mol. The Morgan fingerprint density at radius 2 is 1.97 bits per heavy atom. The molecule has 1 aliphatic carbocycles. The number of epoxide rings is 2. The predicted molar refractivity (Wildman–Crippen MR) is 137 cm³/mol. The Bertz CT molecular complexity index is 906. The van der Waals surface area contributed by atoms with Crippen molar-refractivity contribution in [1.82, 2.24) is 4.90 Å². The van der Waals surface area contributed by atoms with Crippen molar-refractivity contribution >= 4 is 11.7 Å². The van der Waals surface area contributed by atoms with Gasteiger partial charge in [-0.15, -0.1) is 0 Å². The summed E-state index contributed by atoms with van der Waals surface area (Å²) in [6.07, 6.45) is 5.25. The minimum Gasteiger partial charge on any atom is -0.458 e. The summed E-state index contributed by atoms with van der Waals surface area (Å²) in [6, 6.07) is 8.22. The van der Waals surface area contributed by atoms with Gasteiger partial charge in [0.05, 0.1) is 18.6 Å². The molecule has 6 atom stereocenters. The van der Waals surface area contributed by atoms with Gasteiger partial charge in [-0.3, -0.25) is 4.79 Å². The number of hydrogen-bond acceptors (Lipinski definition) is 7. The summed E-state index contributed by atoms with van der Waals surface area (Å²) in [5.41, 5.74) is 2.92. The van der Waals surface area contributed by atoms with Gasteiger partial charge in [-0.25, -0.2) is 0 Å². The number of benzene rings is 1. The van der Waals surface area contributed by atoms with E-state index in [-0.39, 0.29) is 47.9 Å². The Morgan fingerprint density at radius 1 is 1.26 bits per heavy atom. The third-order valence-electron chi connectivity index (χ3n) is 7.76. The maximum Gasteiger partial charge on any atom is 0.325 e. The topological polar surface area (TPSA) is 75.9 Å². The summed E-state index contributed by atoms with van der Waals surface area (Å²) in [6.45, 7) is 8.21. The minimum atomic E-state index is -0.333. The number of nitrogens with zero attached hydrogens (tertiary/aromatic N) is 1. The molecule has 35 heavy (non-hydrogen) atoms. The molecule has 1 spiro atoms. The van der Waals surface area contributed by atoms with Crippen LogP contribution < -0.4 is 5.32 Å². The van der Waals surface area contributed by atoms with Crippen LogP contribution in [0.4, 0.5) is 5.69 Å². The van der Waals surface area contributed by atoms with Crippen molar-refractivity contribution in [1.29, 1.82) is 0 Å². The van der Waals surface area contributed by atoms with E-state index in [9.17, 15) is 4.79 Å². The summed E-state index contributed by atoms with van der Waals surface area (Å²) in [4.78, 5) is 14.9. The van der Waals surface area contributed by atoms with Gasteiger partial charge in [0.25, 0.3) is 0 Å². The predicted octanol–water partition coefficient (Wildman–Crippen LogP) is 3.82. The number of methoxy groups -OCH3 is 1. The quantitative estimate of drug-likeness (QED) is 0.289. The van der Waals surface area contributed by atoms with Gasteiger partial charge in [0, 0.05) is 19.3 Å². The average Bonchev–Trinajstić information content (AvgIpc) is 3.74. The summed E-state index contributed by atoms with van der Waals surface area (Å²) in [7, 11) is 5.85. The highest BCUT2D eigenvalue weighted by molar-refractivity contribution is 5.75. The van der Waals surface area contributed by atoms with Crippen molar-refractivity contribution in [2.24, 2.45) is 5.92 Å². The first-order valence-electron chi connectivity index (χ1n) is 12.8. The zero-order chi connectivity index (χ0) is 25.2. The van der Waals surface area contributed by atoms with Crippen molar-refractivity contribution in [2.75, 3.05) is 46.2 Å². The third kappa shape index (κ3) is 6.08. The number of hydrogen-bond donors (Lipinski definition) is 1. The molecule has 6 unspecified atom stereocenters. The van der Waals surface area contributed by atoms with Crippen molar-refractivity contribution < 1.29 is 23.7 Å². The van der Waals surface area contributed by atoms with Crippen molar-refractivity contribution in [3.63, 3.8) is 0 Å². The average molecular weight is 487 g/mol. The fourth-order valence-corrected chi connectivity index (χ4v) is 5.60. The SMILES string of the molecule is COC1C(OC(=O)CNc2ccc(CCN(C)C)cc2)CCC2(CO2)C1C1(C)OC1CC=C(C)C. The highest BCUT2D eigenvalue weighted by Crippen LogP contribution is 2.59. The van der Waals surface area contributed by atoms with Crippen molar-refractivity contribution in [2.45, 2.75) is 76.0 Å². The molecule has 1 saturated carbocycles. The number of carbonyl (C=O) groups excluding carboxylic acids is 1. The molecule has 1 N–H and O–H groups in total. The molecule has 1 aromatic rings. The van der Waals surface area contributed by atoms with Crippen LogP contribution in [0.5, 0.6) is 0 Å². The fraction of sp³-hybridized carbons (Fsp3) is 0.679. The van der Waals surface area contributed by atoms with Crippen LogP contribution in [0.2, 0.25) is 0 Å². The van der Waals surface area contributed by atoms with Crippen LogP contribution in [0.15, 0.2) is 35.9 Å². The lowest BCUT2D eigenvalue weighted by Gasteiger charge is -2.42. The third-order valence-corrected chi connectivity index (χ3v) is 7.76. The lowest BCUT2D eigenvalue weighted by Crippen LogP contribution is -2.55. The Balaban J connectivity index is 1.33. The van der Waals surface area contributed by atoms with E-state index in [0.717, 1.165) is 44.5 Å². The summed E-state index contributed by atoms with van der Waals surface area (Å²) in [5.74, 6) is -0.243. The Kier molecular flexibility index (Phi) is 7.91. The number of rotatable bonds is 11. The number of ether oxygens (including phenoxy) is 4. The Morgan fingerprint density at radius 3 is 2.57 bits per heavy atom. The van der Waals surface area contributed by atoms with E-state index in [1.807, 2.05) is 12.1 Å². The number of esters is 1. The summed E-state index contributed by atoms with van der Waals surface area (Å²) >= 11 is 0. The number of anilines is 1. The molecule has 194 valence electrons. The molecule has 0 aromatic heterocycles. The first-order chi connectivity index (χ1) is 16.7. The van der Waals surface area contributed by atoms with Gasteiger partial charge in [0.15, 0.2) is 0 Å². The van der Waals surface area contributed by atoms with Crippen LogP contribution in [0.3, 0.4) is 0 Å². The van der Waals surface area contributed by atoms with Gasteiger partial charge in [0.2, 0.25) is 0 Å². The van der Waals surface area contributed by atoms with E-state index >= 15 is 0 Å². The van der Waals surface area contributed by atoms with E-state index in [1.165, 1.54) is 11.1 Å². The number of allylic oxidation sites excluding steroid dienone is 1. The molecule has 2 heterocycles. The zero-order valence-electron chi connectivity index (χ0n) is 22.1. The fourth-order valence-electron chi connectivity index (χ4n) is 5.60. The maximum atomic E-state index is 12.8. The number of carbonyl (C=O) groups is 1. The number of nitrogens with one attached hydrogen (secondary N) is 1. The molecular weight excluding hydrogens is 444 g/mol. The normalized spacial score (nSPS) is 33.5. The summed E-state index contributed by atoms with van der Waals surface area (Å²) < 4.78 is 24.2. The molecule has 7 nitrogen and oxygen atoms in total. The molecule has 7 heteroatoms. The largest absolute Gasteiger partial charge is 0.458 e. The molecular formula is C28H42N2O5. The lowest BCUT2D eigenvalue weighted by molar-refractivity contribution is -0.170. The van der Waals surface area contributed by atoms with Gasteiger partial charge in [0.1, 0.15) is 30.0 Å². The lowest BCUT2D eigenvalue weighted by atomic mass is 9.68. The van der Waals surface area contributed by atoms with Gasteiger partial charge >= 0.3 is 5.97 Å². The first kappa shape index (κ1) is 26.1.